The Morgan fingerprint density at radius 3 is 2.84 bits per heavy atom. The van der Waals surface area contributed by atoms with Gasteiger partial charge in [-0.3, -0.25) is 4.57 Å². The average molecular weight is 449 g/mol. The minimum Gasteiger partial charge on any atom is -0.351 e. The molecule has 8 nitrogen and oxygen atoms in total. The van der Waals surface area contributed by atoms with Crippen LogP contribution in [0.5, 0.6) is 0 Å². The van der Waals surface area contributed by atoms with Gasteiger partial charge < -0.3 is 20.9 Å². The minimum atomic E-state index is -0.607. The highest BCUT2D eigenvalue weighted by atomic mass is 35.5. The Balaban J connectivity index is 1.39. The summed E-state index contributed by atoms with van der Waals surface area (Å²) in [6, 6.07) is 13.8. The fourth-order valence-corrected chi connectivity index (χ4v) is 4.44. The Bertz CT molecular complexity index is 1330. The summed E-state index contributed by atoms with van der Waals surface area (Å²) < 4.78 is 1.33. The number of nitrogens with one attached hydrogen (secondary N) is 2. The van der Waals surface area contributed by atoms with E-state index in [1.807, 2.05) is 42.5 Å². The number of carbonyl (C=O) groups excluding carboxylic acids is 2. The number of aromatic nitrogens is 3. The molecule has 2 aromatic carbocycles. The van der Waals surface area contributed by atoms with Gasteiger partial charge in [-0.05, 0) is 31.0 Å². The summed E-state index contributed by atoms with van der Waals surface area (Å²) in [5.41, 5.74) is 8.45. The van der Waals surface area contributed by atoms with E-state index in [-0.39, 0.29) is 12.1 Å². The normalized spacial score (nSPS) is 15.9. The summed E-state index contributed by atoms with van der Waals surface area (Å²) >= 11 is 6.11. The molecule has 0 saturated carbocycles. The molecule has 3 heterocycles. The Hall–Kier alpha value is -3.78. The van der Waals surface area contributed by atoms with Crippen LogP contribution in [0.25, 0.3) is 22.2 Å². The van der Waals surface area contributed by atoms with E-state index in [1.165, 1.54) is 4.57 Å². The largest absolute Gasteiger partial charge is 0.351 e. The van der Waals surface area contributed by atoms with Crippen molar-refractivity contribution in [2.45, 2.75) is 18.9 Å². The standard InChI is InChI=1S/C23H21ClN6O2/c24-15-6-3-5-14(11-15)17-12-26-21(27-17)20-9-4-10-29(20)23(32)28-18-13-30(22(25)31)19-8-2-1-7-16(18)19/h1-3,5-8,11-13,20H,4,9-10H2,(H2,25,31)(H,26,27)(H,28,32). The summed E-state index contributed by atoms with van der Waals surface area (Å²) in [6.07, 6.45) is 4.99. The molecule has 162 valence electrons. The van der Waals surface area contributed by atoms with Gasteiger partial charge in [0.1, 0.15) is 5.82 Å². The van der Waals surface area contributed by atoms with E-state index >= 15 is 0 Å². The maximum atomic E-state index is 13.2. The first-order valence-electron chi connectivity index (χ1n) is 10.3. The summed E-state index contributed by atoms with van der Waals surface area (Å²) in [4.78, 5) is 34.6. The lowest BCUT2D eigenvalue weighted by molar-refractivity contribution is 0.205. The van der Waals surface area contributed by atoms with Crippen LogP contribution in [0.2, 0.25) is 5.02 Å². The number of amides is 3. The first-order valence-corrected chi connectivity index (χ1v) is 10.7. The number of halogens is 1. The highest BCUT2D eigenvalue weighted by Gasteiger charge is 2.32. The second kappa shape index (κ2) is 8.05. The van der Waals surface area contributed by atoms with E-state index in [2.05, 4.69) is 15.3 Å². The van der Waals surface area contributed by atoms with E-state index in [9.17, 15) is 9.59 Å². The minimum absolute atomic E-state index is 0.174. The number of fused-ring (bicyclic) bond motifs is 1. The molecular weight excluding hydrogens is 428 g/mol. The molecule has 4 aromatic rings. The molecule has 5 rings (SSSR count). The first kappa shape index (κ1) is 20.1. The Labute approximate surface area is 189 Å². The topological polar surface area (TPSA) is 109 Å². The maximum Gasteiger partial charge on any atom is 0.323 e. The number of H-pyrrole nitrogens is 1. The maximum absolute atomic E-state index is 13.2. The molecule has 1 saturated heterocycles. The summed E-state index contributed by atoms with van der Waals surface area (Å²) in [6.45, 7) is 0.609. The Morgan fingerprint density at radius 1 is 1.19 bits per heavy atom. The van der Waals surface area contributed by atoms with Crippen LogP contribution in [0.1, 0.15) is 24.7 Å². The number of hydrogen-bond donors (Lipinski definition) is 3. The van der Waals surface area contributed by atoms with Gasteiger partial charge in [-0.25, -0.2) is 14.6 Å². The number of rotatable bonds is 3. The van der Waals surface area contributed by atoms with Crippen molar-refractivity contribution in [2.24, 2.45) is 5.73 Å². The molecule has 32 heavy (non-hydrogen) atoms. The van der Waals surface area contributed by atoms with E-state index in [1.54, 1.807) is 23.4 Å². The van der Waals surface area contributed by atoms with Crippen LogP contribution in [0, 0.1) is 0 Å². The predicted molar refractivity (Wildman–Crippen MR) is 124 cm³/mol. The second-order valence-electron chi connectivity index (χ2n) is 7.74. The number of aromatic amines is 1. The van der Waals surface area contributed by atoms with Crippen LogP contribution >= 0.6 is 11.6 Å². The van der Waals surface area contributed by atoms with Crippen LogP contribution in [0.3, 0.4) is 0 Å². The molecule has 0 aliphatic carbocycles. The van der Waals surface area contributed by atoms with Gasteiger partial charge in [0.15, 0.2) is 0 Å². The molecule has 2 aromatic heterocycles. The number of para-hydroxylation sites is 1. The molecule has 1 fully saturated rings. The highest BCUT2D eigenvalue weighted by molar-refractivity contribution is 6.30. The van der Waals surface area contributed by atoms with Crippen molar-refractivity contribution in [3.05, 3.63) is 71.8 Å². The van der Waals surface area contributed by atoms with Gasteiger partial charge in [-0.15, -0.1) is 0 Å². The number of hydrogen-bond acceptors (Lipinski definition) is 3. The Morgan fingerprint density at radius 2 is 2.03 bits per heavy atom. The van der Waals surface area contributed by atoms with Crippen molar-refractivity contribution in [1.29, 1.82) is 0 Å². The molecule has 1 atom stereocenters. The van der Waals surface area contributed by atoms with E-state index in [4.69, 9.17) is 17.3 Å². The van der Waals surface area contributed by atoms with Gasteiger partial charge in [0.25, 0.3) is 0 Å². The van der Waals surface area contributed by atoms with Crippen LogP contribution in [0.15, 0.2) is 60.9 Å². The predicted octanol–water partition coefficient (Wildman–Crippen LogP) is 4.98. The van der Waals surface area contributed by atoms with Gasteiger partial charge in [0.2, 0.25) is 0 Å². The molecule has 1 unspecified atom stereocenters. The van der Waals surface area contributed by atoms with Gasteiger partial charge in [0, 0.05) is 28.7 Å². The molecule has 0 bridgehead atoms. The lowest BCUT2D eigenvalue weighted by Crippen LogP contribution is -2.34. The molecule has 3 amide bonds. The van der Waals surface area contributed by atoms with Gasteiger partial charge >= 0.3 is 12.1 Å². The van der Waals surface area contributed by atoms with Crippen molar-refractivity contribution in [2.75, 3.05) is 11.9 Å². The number of urea groups is 1. The molecule has 4 N–H and O–H groups in total. The van der Waals surface area contributed by atoms with Gasteiger partial charge in [0.05, 0.1) is 29.1 Å². The van der Waals surface area contributed by atoms with Crippen LogP contribution in [-0.2, 0) is 0 Å². The molecular formula is C23H21ClN6O2. The van der Waals surface area contributed by atoms with Crippen LogP contribution in [0.4, 0.5) is 15.3 Å². The third-order valence-corrected chi connectivity index (χ3v) is 5.99. The second-order valence-corrected chi connectivity index (χ2v) is 8.18. The molecule has 1 aliphatic heterocycles. The lowest BCUT2D eigenvalue weighted by atomic mass is 10.2. The number of anilines is 1. The lowest BCUT2D eigenvalue weighted by Gasteiger charge is -2.23. The molecule has 0 radical (unpaired) electrons. The van der Waals surface area contributed by atoms with Crippen molar-refractivity contribution in [3.8, 4) is 11.3 Å². The van der Waals surface area contributed by atoms with Gasteiger partial charge in [-0.2, -0.15) is 0 Å². The van der Waals surface area contributed by atoms with E-state index < -0.39 is 6.03 Å². The zero-order valence-corrected chi connectivity index (χ0v) is 17.8. The zero-order valence-electron chi connectivity index (χ0n) is 17.1. The van der Waals surface area contributed by atoms with E-state index in [0.717, 1.165) is 35.3 Å². The third-order valence-electron chi connectivity index (χ3n) is 5.75. The average Bonchev–Trinajstić information content (AvgIpc) is 3.52. The van der Waals surface area contributed by atoms with Crippen molar-refractivity contribution in [1.82, 2.24) is 19.4 Å². The zero-order chi connectivity index (χ0) is 22.2. The van der Waals surface area contributed by atoms with Crippen LogP contribution < -0.4 is 11.1 Å². The monoisotopic (exact) mass is 448 g/mol. The number of nitrogens with two attached hydrogens (primary N) is 1. The highest BCUT2D eigenvalue weighted by Crippen LogP contribution is 2.33. The van der Waals surface area contributed by atoms with Gasteiger partial charge in [-0.1, -0.05) is 41.9 Å². The third kappa shape index (κ3) is 3.58. The molecule has 0 spiro atoms. The smallest absolute Gasteiger partial charge is 0.323 e. The number of primary amides is 1. The number of benzene rings is 2. The molecule has 1 aliphatic rings. The van der Waals surface area contributed by atoms with Crippen molar-refractivity contribution >= 4 is 40.3 Å². The SMILES string of the molecule is NC(=O)n1cc(NC(=O)N2CCCC2c2ncc(-c3cccc(Cl)c3)[nH]2)c2ccccc21. The number of imidazole rings is 1. The summed E-state index contributed by atoms with van der Waals surface area (Å²) in [5, 5.41) is 4.34. The van der Waals surface area contributed by atoms with Crippen molar-refractivity contribution in [3.63, 3.8) is 0 Å². The van der Waals surface area contributed by atoms with Crippen LogP contribution in [-0.4, -0.2) is 38.0 Å². The number of likely N-dealkylation sites (tertiary alicyclic amines) is 1. The summed E-state index contributed by atoms with van der Waals surface area (Å²) in [5.74, 6) is 0.729. The Kier molecular flexibility index (Phi) is 5.07. The van der Waals surface area contributed by atoms with Crippen molar-refractivity contribution < 1.29 is 9.59 Å². The fraction of sp³-hybridized carbons (Fsp3) is 0.174. The number of carbonyl (C=O) groups is 2. The molecule has 9 heteroatoms. The quantitative estimate of drug-likeness (QED) is 0.411. The fourth-order valence-electron chi connectivity index (χ4n) is 4.25. The number of nitrogens with zero attached hydrogens (tertiary/aromatic N) is 3. The van der Waals surface area contributed by atoms with E-state index in [0.29, 0.717) is 22.8 Å². The summed E-state index contributed by atoms with van der Waals surface area (Å²) in [7, 11) is 0. The first-order chi connectivity index (χ1) is 15.5.